The lowest BCUT2D eigenvalue weighted by Gasteiger charge is -2.24. The highest BCUT2D eigenvalue weighted by Gasteiger charge is 2.26. The van der Waals surface area contributed by atoms with Gasteiger partial charge in [-0.1, -0.05) is 30.3 Å². The first kappa shape index (κ1) is 18.2. The summed E-state index contributed by atoms with van der Waals surface area (Å²) in [4.78, 5) is 15.1. The van der Waals surface area contributed by atoms with Crippen LogP contribution in [-0.4, -0.2) is 31.8 Å². The van der Waals surface area contributed by atoms with E-state index in [2.05, 4.69) is 45.0 Å². The molecule has 4 heterocycles. The molecular weight excluding hydrogens is 384 g/mol. The number of methoxy groups -OCH3 is 1. The van der Waals surface area contributed by atoms with Gasteiger partial charge in [0.1, 0.15) is 28.9 Å². The SMILES string of the molecule is COCc1nc2n(n1)CCCC2Nc1nc(C)nc2scc(-c3ccccc3)c12. The van der Waals surface area contributed by atoms with Gasteiger partial charge in [0.15, 0.2) is 5.82 Å². The predicted molar refractivity (Wildman–Crippen MR) is 114 cm³/mol. The summed E-state index contributed by atoms with van der Waals surface area (Å²) in [5.41, 5.74) is 2.33. The van der Waals surface area contributed by atoms with E-state index in [1.54, 1.807) is 18.4 Å². The molecule has 148 valence electrons. The maximum Gasteiger partial charge on any atom is 0.176 e. The van der Waals surface area contributed by atoms with Gasteiger partial charge in [-0.15, -0.1) is 11.3 Å². The topological polar surface area (TPSA) is 77.8 Å². The Bertz CT molecular complexity index is 1150. The van der Waals surface area contributed by atoms with E-state index < -0.39 is 0 Å². The summed E-state index contributed by atoms with van der Waals surface area (Å²) in [5.74, 6) is 3.30. The Morgan fingerprint density at radius 1 is 1.21 bits per heavy atom. The molecule has 8 heteroatoms. The number of hydrogen-bond acceptors (Lipinski definition) is 7. The molecule has 0 radical (unpaired) electrons. The van der Waals surface area contributed by atoms with Crippen molar-refractivity contribution in [3.63, 3.8) is 0 Å². The van der Waals surface area contributed by atoms with Crippen molar-refractivity contribution >= 4 is 27.4 Å². The van der Waals surface area contributed by atoms with Crippen LogP contribution in [0.5, 0.6) is 0 Å². The second-order valence-electron chi connectivity index (χ2n) is 7.20. The van der Waals surface area contributed by atoms with E-state index in [0.29, 0.717) is 6.61 Å². The molecule has 1 unspecified atom stereocenters. The Morgan fingerprint density at radius 3 is 2.90 bits per heavy atom. The first-order chi connectivity index (χ1) is 14.2. The quantitative estimate of drug-likeness (QED) is 0.531. The molecule has 4 aromatic rings. The molecule has 1 N–H and O–H groups in total. The number of hydrogen-bond donors (Lipinski definition) is 1. The van der Waals surface area contributed by atoms with Gasteiger partial charge >= 0.3 is 0 Å². The number of benzene rings is 1. The summed E-state index contributed by atoms with van der Waals surface area (Å²) in [7, 11) is 1.66. The first-order valence-electron chi connectivity index (χ1n) is 9.73. The molecule has 1 aliphatic heterocycles. The monoisotopic (exact) mass is 406 g/mol. The van der Waals surface area contributed by atoms with Crippen molar-refractivity contribution in [2.24, 2.45) is 0 Å². The van der Waals surface area contributed by atoms with Gasteiger partial charge in [0.2, 0.25) is 0 Å². The molecule has 0 amide bonds. The molecule has 0 bridgehead atoms. The van der Waals surface area contributed by atoms with E-state index in [0.717, 1.165) is 58.5 Å². The number of rotatable bonds is 5. The van der Waals surface area contributed by atoms with E-state index in [1.165, 1.54) is 5.56 Å². The molecule has 1 aromatic carbocycles. The summed E-state index contributed by atoms with van der Waals surface area (Å²) < 4.78 is 7.20. The Balaban J connectivity index is 1.57. The van der Waals surface area contributed by atoms with Crippen LogP contribution < -0.4 is 5.32 Å². The molecule has 1 aliphatic rings. The van der Waals surface area contributed by atoms with Crippen molar-refractivity contribution in [3.8, 4) is 11.1 Å². The average molecular weight is 407 g/mol. The van der Waals surface area contributed by atoms with Gasteiger partial charge in [-0.25, -0.2) is 19.6 Å². The number of ether oxygens (including phenoxy) is 1. The molecule has 0 aliphatic carbocycles. The highest BCUT2D eigenvalue weighted by Crippen LogP contribution is 2.38. The summed E-state index contributed by atoms with van der Waals surface area (Å²) >= 11 is 1.65. The number of fused-ring (bicyclic) bond motifs is 2. The highest BCUT2D eigenvalue weighted by molar-refractivity contribution is 7.17. The Kier molecular flexibility index (Phi) is 4.73. The number of aryl methyl sites for hydroxylation is 2. The molecular formula is C21H22N6OS. The maximum atomic E-state index is 5.21. The molecule has 0 fully saturated rings. The lowest BCUT2D eigenvalue weighted by atomic mass is 10.0. The summed E-state index contributed by atoms with van der Waals surface area (Å²) in [6.07, 6.45) is 2.03. The third-order valence-electron chi connectivity index (χ3n) is 5.13. The minimum Gasteiger partial charge on any atom is -0.377 e. The number of aromatic nitrogens is 5. The van der Waals surface area contributed by atoms with Crippen LogP contribution in [0, 0.1) is 6.92 Å². The molecule has 0 saturated heterocycles. The smallest absolute Gasteiger partial charge is 0.176 e. The van der Waals surface area contributed by atoms with Gasteiger partial charge in [0, 0.05) is 24.6 Å². The maximum absolute atomic E-state index is 5.21. The zero-order chi connectivity index (χ0) is 19.8. The largest absolute Gasteiger partial charge is 0.377 e. The normalized spacial score (nSPS) is 16.1. The van der Waals surface area contributed by atoms with Gasteiger partial charge in [0.05, 0.1) is 11.4 Å². The first-order valence-corrected chi connectivity index (χ1v) is 10.6. The number of nitrogens with one attached hydrogen (secondary N) is 1. The van der Waals surface area contributed by atoms with Crippen molar-refractivity contribution in [3.05, 3.63) is 53.2 Å². The Labute approximate surface area is 172 Å². The predicted octanol–water partition coefficient (Wildman–Crippen LogP) is 4.35. The molecule has 7 nitrogen and oxygen atoms in total. The second-order valence-corrected chi connectivity index (χ2v) is 8.05. The van der Waals surface area contributed by atoms with Crippen LogP contribution in [0.4, 0.5) is 5.82 Å². The van der Waals surface area contributed by atoms with E-state index in [9.17, 15) is 0 Å². The third-order valence-corrected chi connectivity index (χ3v) is 6.01. The molecule has 29 heavy (non-hydrogen) atoms. The zero-order valence-electron chi connectivity index (χ0n) is 16.4. The Hall–Kier alpha value is -2.84. The summed E-state index contributed by atoms with van der Waals surface area (Å²) in [6.45, 7) is 3.25. The lowest BCUT2D eigenvalue weighted by molar-refractivity contribution is 0.177. The molecule has 1 atom stereocenters. The average Bonchev–Trinajstić information content (AvgIpc) is 3.33. The second kappa shape index (κ2) is 7.53. The van der Waals surface area contributed by atoms with Crippen molar-refractivity contribution < 1.29 is 4.74 Å². The van der Waals surface area contributed by atoms with Gasteiger partial charge in [-0.3, -0.25) is 0 Å². The van der Waals surface area contributed by atoms with E-state index in [4.69, 9.17) is 14.7 Å². The fourth-order valence-corrected chi connectivity index (χ4v) is 4.87. The fourth-order valence-electron chi connectivity index (χ4n) is 3.87. The lowest BCUT2D eigenvalue weighted by Crippen LogP contribution is -2.23. The standard InChI is InChI=1S/C21H22N6OS/c1-13-22-19(18-15(12-29-21(18)23-13)14-7-4-3-5-8-14)24-16-9-6-10-27-20(16)25-17(26-27)11-28-2/h3-5,7-8,12,16H,6,9-11H2,1-2H3,(H,22,23,24). The summed E-state index contributed by atoms with van der Waals surface area (Å²) in [5, 5.41) is 11.5. The van der Waals surface area contributed by atoms with Crippen LogP contribution in [0.15, 0.2) is 35.7 Å². The zero-order valence-corrected chi connectivity index (χ0v) is 17.2. The van der Waals surface area contributed by atoms with Crippen LogP contribution in [0.3, 0.4) is 0 Å². The van der Waals surface area contributed by atoms with Crippen molar-refractivity contribution in [1.29, 1.82) is 0 Å². The summed E-state index contributed by atoms with van der Waals surface area (Å²) in [6, 6.07) is 10.5. The highest BCUT2D eigenvalue weighted by atomic mass is 32.1. The number of anilines is 1. The van der Waals surface area contributed by atoms with Crippen molar-refractivity contribution in [1.82, 2.24) is 24.7 Å². The minimum absolute atomic E-state index is 0.0582. The van der Waals surface area contributed by atoms with Crippen molar-refractivity contribution in [2.75, 3.05) is 12.4 Å². The van der Waals surface area contributed by atoms with Crippen LogP contribution >= 0.6 is 11.3 Å². The molecule has 0 spiro atoms. The molecule has 3 aromatic heterocycles. The van der Waals surface area contributed by atoms with Crippen LogP contribution in [0.25, 0.3) is 21.3 Å². The molecule has 0 saturated carbocycles. The van der Waals surface area contributed by atoms with E-state index in [1.807, 2.05) is 17.7 Å². The van der Waals surface area contributed by atoms with Gasteiger partial charge in [0.25, 0.3) is 0 Å². The van der Waals surface area contributed by atoms with E-state index in [-0.39, 0.29) is 6.04 Å². The van der Waals surface area contributed by atoms with Crippen molar-refractivity contribution in [2.45, 2.75) is 39.0 Å². The van der Waals surface area contributed by atoms with E-state index >= 15 is 0 Å². The van der Waals surface area contributed by atoms with Gasteiger partial charge in [-0.05, 0) is 25.3 Å². The van der Waals surface area contributed by atoms with Crippen LogP contribution in [0.1, 0.15) is 36.4 Å². The number of nitrogens with zero attached hydrogens (tertiary/aromatic N) is 5. The van der Waals surface area contributed by atoms with Crippen LogP contribution in [-0.2, 0) is 17.9 Å². The Morgan fingerprint density at radius 2 is 2.07 bits per heavy atom. The number of thiophene rings is 1. The fraction of sp³-hybridized carbons (Fsp3) is 0.333. The third kappa shape index (κ3) is 3.38. The van der Waals surface area contributed by atoms with Crippen LogP contribution in [0.2, 0.25) is 0 Å². The van der Waals surface area contributed by atoms with Gasteiger partial charge < -0.3 is 10.1 Å². The molecule has 5 rings (SSSR count). The van der Waals surface area contributed by atoms with Gasteiger partial charge in [-0.2, -0.15) is 5.10 Å². The minimum atomic E-state index is 0.0582.